The molecule has 7 heteroatoms. The Bertz CT molecular complexity index is 741. The molecule has 0 aromatic heterocycles. The Morgan fingerprint density at radius 3 is 2.03 bits per heavy atom. The second kappa shape index (κ2) is 8.95. The number of hydrogen-bond acceptors (Lipinski definition) is 7. The van der Waals surface area contributed by atoms with Crippen molar-refractivity contribution in [3.8, 4) is 5.75 Å². The zero-order chi connectivity index (χ0) is 21.9. The van der Waals surface area contributed by atoms with Gasteiger partial charge in [-0.1, -0.05) is 12.1 Å². The largest absolute Gasteiger partial charge is 0.497 e. The SMILES string of the molecule is COc1ccc([C@@H]2[C@H](C(=O)OC(C)C)C(=O)C[C@@](C)(O)[C@H]2C(=O)OC(C)C)cc1. The highest BCUT2D eigenvalue weighted by Crippen LogP contribution is 2.47. The van der Waals surface area contributed by atoms with E-state index in [0.717, 1.165) is 0 Å². The summed E-state index contributed by atoms with van der Waals surface area (Å²) in [5.74, 6) is -4.48. The molecule has 0 spiro atoms. The number of carbonyl (C=O) groups is 3. The highest BCUT2D eigenvalue weighted by molar-refractivity contribution is 6.02. The van der Waals surface area contributed by atoms with Gasteiger partial charge in [0.2, 0.25) is 0 Å². The molecule has 1 aromatic carbocycles. The quantitative estimate of drug-likeness (QED) is 0.573. The van der Waals surface area contributed by atoms with Crippen LogP contribution in [0, 0.1) is 11.8 Å². The van der Waals surface area contributed by atoms with Crippen LogP contribution in [0.15, 0.2) is 24.3 Å². The van der Waals surface area contributed by atoms with Crippen LogP contribution in [0.3, 0.4) is 0 Å². The van der Waals surface area contributed by atoms with Gasteiger partial charge >= 0.3 is 11.9 Å². The molecule has 0 aliphatic heterocycles. The predicted octanol–water partition coefficient (Wildman–Crippen LogP) is 2.64. The van der Waals surface area contributed by atoms with Crippen LogP contribution >= 0.6 is 0 Å². The molecular formula is C22H30O7. The topological polar surface area (TPSA) is 99.1 Å². The fourth-order valence-corrected chi connectivity index (χ4v) is 3.85. The molecule has 1 aliphatic rings. The molecule has 7 nitrogen and oxygen atoms in total. The van der Waals surface area contributed by atoms with E-state index in [1.54, 1.807) is 52.0 Å². The molecule has 1 saturated carbocycles. The maximum atomic E-state index is 13.0. The summed E-state index contributed by atoms with van der Waals surface area (Å²) in [5, 5.41) is 11.0. The minimum Gasteiger partial charge on any atom is -0.497 e. The van der Waals surface area contributed by atoms with Crippen LogP contribution in [0.1, 0.15) is 52.5 Å². The van der Waals surface area contributed by atoms with Crippen LogP contribution < -0.4 is 4.74 Å². The normalized spacial score (nSPS) is 27.1. The highest BCUT2D eigenvalue weighted by atomic mass is 16.5. The number of rotatable bonds is 6. The second-order valence-corrected chi connectivity index (χ2v) is 8.23. The van der Waals surface area contributed by atoms with Crippen molar-refractivity contribution < 1.29 is 33.7 Å². The summed E-state index contributed by atoms with van der Waals surface area (Å²) < 4.78 is 15.9. The van der Waals surface area contributed by atoms with Crippen LogP contribution in [-0.4, -0.2) is 47.7 Å². The molecule has 1 aromatic rings. The van der Waals surface area contributed by atoms with Gasteiger partial charge in [0.05, 0.1) is 30.8 Å². The standard InChI is InChI=1S/C22H30O7/c1-12(2)28-20(24)18-16(23)11-22(5,26)19(21(25)29-13(3)4)17(18)14-7-9-15(27-6)10-8-14/h7-10,12-13,17-19,26H,11H2,1-6H3/t17-,18-,19-,22-/m1/s1. The lowest BCUT2D eigenvalue weighted by Gasteiger charge is -2.44. The van der Waals surface area contributed by atoms with Gasteiger partial charge in [-0.2, -0.15) is 0 Å². The average molecular weight is 406 g/mol. The minimum absolute atomic E-state index is 0.338. The second-order valence-electron chi connectivity index (χ2n) is 8.23. The summed E-state index contributed by atoms with van der Waals surface area (Å²) in [6.45, 7) is 8.21. The Labute approximate surface area is 171 Å². The van der Waals surface area contributed by atoms with Crippen LogP contribution in [-0.2, 0) is 23.9 Å². The van der Waals surface area contributed by atoms with Gasteiger partial charge in [0.1, 0.15) is 11.7 Å². The first-order valence-electron chi connectivity index (χ1n) is 9.78. The summed E-state index contributed by atoms with van der Waals surface area (Å²) in [7, 11) is 1.52. The number of ketones is 1. The number of carbonyl (C=O) groups excluding carboxylic acids is 3. The smallest absolute Gasteiger partial charge is 0.317 e. The van der Waals surface area contributed by atoms with E-state index >= 15 is 0 Å². The van der Waals surface area contributed by atoms with Gasteiger partial charge in [-0.05, 0) is 52.3 Å². The Morgan fingerprint density at radius 2 is 1.55 bits per heavy atom. The number of hydrogen-bond donors (Lipinski definition) is 1. The van der Waals surface area contributed by atoms with Crippen molar-refractivity contribution in [3.05, 3.63) is 29.8 Å². The first kappa shape index (κ1) is 22.9. The molecule has 0 bridgehead atoms. The number of benzene rings is 1. The lowest BCUT2D eigenvalue weighted by atomic mass is 9.61. The third-order valence-electron chi connectivity index (χ3n) is 4.98. The lowest BCUT2D eigenvalue weighted by molar-refractivity contribution is -0.176. The van der Waals surface area contributed by atoms with Crippen molar-refractivity contribution in [1.82, 2.24) is 0 Å². The summed E-state index contributed by atoms with van der Waals surface area (Å²) in [6, 6.07) is 6.73. The molecule has 29 heavy (non-hydrogen) atoms. The molecule has 0 heterocycles. The molecule has 1 aliphatic carbocycles. The summed E-state index contributed by atoms with van der Waals surface area (Å²) in [5.41, 5.74) is -1.11. The van der Waals surface area contributed by atoms with E-state index in [1.165, 1.54) is 14.0 Å². The first-order chi connectivity index (χ1) is 13.5. The van der Waals surface area contributed by atoms with Gasteiger partial charge in [-0.15, -0.1) is 0 Å². The van der Waals surface area contributed by atoms with Crippen molar-refractivity contribution in [1.29, 1.82) is 0 Å². The number of aliphatic hydroxyl groups is 1. The van der Waals surface area contributed by atoms with E-state index in [9.17, 15) is 19.5 Å². The van der Waals surface area contributed by atoms with Gasteiger partial charge in [0.25, 0.3) is 0 Å². The molecular weight excluding hydrogens is 376 g/mol. The zero-order valence-electron chi connectivity index (χ0n) is 17.8. The van der Waals surface area contributed by atoms with Crippen LogP contribution in [0.25, 0.3) is 0 Å². The predicted molar refractivity (Wildman–Crippen MR) is 105 cm³/mol. The number of esters is 2. The average Bonchev–Trinajstić information content (AvgIpc) is 2.58. The van der Waals surface area contributed by atoms with Crippen LogP contribution in [0.4, 0.5) is 0 Å². The molecule has 4 atom stereocenters. The number of Topliss-reactive ketones (excluding diaryl/α,β-unsaturated/α-hetero) is 1. The minimum atomic E-state index is -1.66. The molecule has 0 saturated heterocycles. The van der Waals surface area contributed by atoms with Gasteiger partial charge in [0, 0.05) is 12.3 Å². The van der Waals surface area contributed by atoms with Gasteiger partial charge in [-0.3, -0.25) is 14.4 Å². The molecule has 0 amide bonds. The van der Waals surface area contributed by atoms with Crippen LogP contribution in [0.5, 0.6) is 5.75 Å². The Balaban J connectivity index is 2.60. The Morgan fingerprint density at radius 1 is 1.03 bits per heavy atom. The highest BCUT2D eigenvalue weighted by Gasteiger charge is 2.57. The summed E-state index contributed by atoms with van der Waals surface area (Å²) in [6.07, 6.45) is -1.17. The Kier molecular flexibility index (Phi) is 7.06. The molecule has 0 radical (unpaired) electrons. The van der Waals surface area contributed by atoms with E-state index in [-0.39, 0.29) is 6.42 Å². The van der Waals surface area contributed by atoms with Crippen LogP contribution in [0.2, 0.25) is 0 Å². The van der Waals surface area contributed by atoms with Gasteiger partial charge in [0.15, 0.2) is 5.78 Å². The van der Waals surface area contributed by atoms with E-state index < -0.39 is 53.3 Å². The van der Waals surface area contributed by atoms with Crippen molar-refractivity contribution in [3.63, 3.8) is 0 Å². The fourth-order valence-electron chi connectivity index (χ4n) is 3.85. The van der Waals surface area contributed by atoms with E-state index in [0.29, 0.717) is 11.3 Å². The van der Waals surface area contributed by atoms with Gasteiger partial charge < -0.3 is 19.3 Å². The van der Waals surface area contributed by atoms with Crippen molar-refractivity contribution in [2.24, 2.45) is 11.8 Å². The monoisotopic (exact) mass is 406 g/mol. The first-order valence-corrected chi connectivity index (χ1v) is 9.78. The number of ether oxygens (including phenoxy) is 3. The third kappa shape index (κ3) is 5.15. The fraction of sp³-hybridized carbons (Fsp3) is 0.591. The van der Waals surface area contributed by atoms with E-state index in [1.807, 2.05) is 0 Å². The van der Waals surface area contributed by atoms with Crippen molar-refractivity contribution >= 4 is 17.7 Å². The zero-order valence-corrected chi connectivity index (χ0v) is 17.8. The summed E-state index contributed by atoms with van der Waals surface area (Å²) >= 11 is 0. The Hall–Kier alpha value is -2.41. The third-order valence-corrected chi connectivity index (χ3v) is 4.98. The molecule has 160 valence electrons. The molecule has 1 N–H and O–H groups in total. The number of methoxy groups -OCH3 is 1. The van der Waals surface area contributed by atoms with E-state index in [2.05, 4.69) is 0 Å². The maximum absolute atomic E-state index is 13.0. The van der Waals surface area contributed by atoms with Crippen molar-refractivity contribution in [2.75, 3.05) is 7.11 Å². The maximum Gasteiger partial charge on any atom is 0.317 e. The molecule has 2 rings (SSSR count). The lowest BCUT2D eigenvalue weighted by Crippen LogP contribution is -2.55. The summed E-state index contributed by atoms with van der Waals surface area (Å²) in [4.78, 5) is 38.7. The van der Waals surface area contributed by atoms with Crippen molar-refractivity contribution in [2.45, 2.75) is 64.8 Å². The molecule has 1 fully saturated rings. The van der Waals surface area contributed by atoms with Gasteiger partial charge in [-0.25, -0.2) is 0 Å². The molecule has 0 unspecified atom stereocenters. The van der Waals surface area contributed by atoms with E-state index in [4.69, 9.17) is 14.2 Å².